The zero-order chi connectivity index (χ0) is 10.9. The van der Waals surface area contributed by atoms with Crippen LogP contribution in [0.4, 0.5) is 13.2 Å². The normalized spacial score (nSPS) is 11.8. The second-order valence-electron chi connectivity index (χ2n) is 2.69. The average molecular weight is 207 g/mol. The van der Waals surface area contributed by atoms with Gasteiger partial charge in [-0.25, -0.2) is 4.73 Å². The Balaban J connectivity index is 3.35. The molecule has 0 saturated carbocycles. The lowest BCUT2D eigenvalue weighted by molar-refractivity contribution is -0.616. The number of hydrogen-bond acceptors (Lipinski definition) is 3. The van der Waals surface area contributed by atoms with Gasteiger partial charge in [0.2, 0.25) is 0 Å². The van der Waals surface area contributed by atoms with E-state index in [0.717, 1.165) is 6.20 Å². The van der Waals surface area contributed by atoms with Gasteiger partial charge in [-0.05, 0) is 4.98 Å². The molecule has 78 valence electrons. The fourth-order valence-corrected chi connectivity index (χ4v) is 0.974. The van der Waals surface area contributed by atoms with Gasteiger partial charge in [-0.1, -0.05) is 0 Å². The monoisotopic (exact) mass is 207 g/mol. The molecule has 0 bridgehead atoms. The second kappa shape index (κ2) is 3.41. The van der Waals surface area contributed by atoms with Crippen LogP contribution >= 0.6 is 0 Å². The van der Waals surface area contributed by atoms with E-state index in [9.17, 15) is 18.4 Å². The van der Waals surface area contributed by atoms with Crippen LogP contribution in [0.1, 0.15) is 17.1 Å². The molecule has 0 aliphatic heterocycles. The summed E-state index contributed by atoms with van der Waals surface area (Å²) >= 11 is 0. The number of halogens is 3. The van der Waals surface area contributed by atoms with Crippen LogP contribution in [0.5, 0.6) is 0 Å². The Morgan fingerprint density at radius 3 is 2.57 bits per heavy atom. The van der Waals surface area contributed by atoms with Gasteiger partial charge in [0, 0.05) is 13.5 Å². The van der Waals surface area contributed by atoms with Crippen molar-refractivity contribution in [1.29, 1.82) is 0 Å². The minimum absolute atomic E-state index is 0.255. The van der Waals surface area contributed by atoms with Crippen LogP contribution in [0.3, 0.4) is 0 Å². The standard InChI is InChI=1S/C7H8F3N3O/c1-4-12-6(7(8,9)10)5(2-11)3-13(4)14/h3H,2,11H2,1H3. The van der Waals surface area contributed by atoms with Crippen LogP contribution < -0.4 is 10.5 Å². The van der Waals surface area contributed by atoms with Crippen LogP contribution in [-0.2, 0) is 12.7 Å². The van der Waals surface area contributed by atoms with Crippen molar-refractivity contribution in [2.75, 3.05) is 0 Å². The van der Waals surface area contributed by atoms with Gasteiger partial charge >= 0.3 is 6.18 Å². The molecule has 0 spiro atoms. The van der Waals surface area contributed by atoms with Crippen molar-refractivity contribution in [1.82, 2.24) is 4.98 Å². The molecule has 7 heteroatoms. The van der Waals surface area contributed by atoms with Crippen molar-refractivity contribution >= 4 is 0 Å². The van der Waals surface area contributed by atoms with Crippen molar-refractivity contribution in [3.8, 4) is 0 Å². The largest absolute Gasteiger partial charge is 0.711 e. The highest BCUT2D eigenvalue weighted by molar-refractivity contribution is 5.17. The molecule has 1 aromatic rings. The Labute approximate surface area is 77.8 Å². The van der Waals surface area contributed by atoms with Crippen LogP contribution in [0, 0.1) is 12.1 Å². The maximum atomic E-state index is 12.3. The van der Waals surface area contributed by atoms with E-state index in [1.165, 1.54) is 6.92 Å². The highest BCUT2D eigenvalue weighted by Gasteiger charge is 2.40. The van der Waals surface area contributed by atoms with E-state index in [0.29, 0.717) is 0 Å². The van der Waals surface area contributed by atoms with E-state index < -0.39 is 11.9 Å². The Bertz CT molecular complexity index is 351. The molecule has 2 N–H and O–H groups in total. The maximum Gasteiger partial charge on any atom is 0.458 e. The van der Waals surface area contributed by atoms with Gasteiger partial charge in [-0.15, -0.1) is 0 Å². The molecule has 14 heavy (non-hydrogen) atoms. The lowest BCUT2D eigenvalue weighted by Crippen LogP contribution is -2.34. The number of hydrogen-bond donors (Lipinski definition) is 1. The zero-order valence-corrected chi connectivity index (χ0v) is 7.30. The zero-order valence-electron chi connectivity index (χ0n) is 7.30. The Kier molecular flexibility index (Phi) is 2.61. The molecule has 0 aromatic carbocycles. The molecule has 0 saturated heterocycles. The smallest absolute Gasteiger partial charge is 0.458 e. The van der Waals surface area contributed by atoms with Gasteiger partial charge in [0.1, 0.15) is 6.20 Å². The summed E-state index contributed by atoms with van der Waals surface area (Å²) < 4.78 is 37.2. The first-order valence-corrected chi connectivity index (χ1v) is 3.73. The van der Waals surface area contributed by atoms with Crippen LogP contribution in [0.15, 0.2) is 6.20 Å². The molecular formula is C7H8F3N3O. The topological polar surface area (TPSA) is 65.8 Å². The molecule has 0 unspecified atom stereocenters. The summed E-state index contributed by atoms with van der Waals surface area (Å²) in [6.45, 7) is 0.826. The fraction of sp³-hybridized carbons (Fsp3) is 0.429. The molecule has 1 aromatic heterocycles. The first-order valence-electron chi connectivity index (χ1n) is 3.73. The molecule has 1 heterocycles. The third-order valence-corrected chi connectivity index (χ3v) is 1.66. The highest BCUT2D eigenvalue weighted by Crippen LogP contribution is 2.29. The van der Waals surface area contributed by atoms with Crippen molar-refractivity contribution in [3.63, 3.8) is 0 Å². The Morgan fingerprint density at radius 1 is 1.57 bits per heavy atom. The maximum absolute atomic E-state index is 12.3. The summed E-state index contributed by atoms with van der Waals surface area (Å²) in [6.07, 6.45) is -3.78. The molecular weight excluding hydrogens is 199 g/mol. The summed E-state index contributed by atoms with van der Waals surface area (Å²) in [6, 6.07) is 0. The fourth-order valence-electron chi connectivity index (χ4n) is 0.974. The van der Waals surface area contributed by atoms with E-state index in [-0.39, 0.29) is 22.7 Å². The number of aromatic nitrogens is 2. The van der Waals surface area contributed by atoms with Gasteiger partial charge in [-0.3, -0.25) is 0 Å². The Hall–Kier alpha value is -1.37. The molecule has 4 nitrogen and oxygen atoms in total. The highest BCUT2D eigenvalue weighted by atomic mass is 19.4. The van der Waals surface area contributed by atoms with Crippen LogP contribution in [0.2, 0.25) is 0 Å². The first-order chi connectivity index (χ1) is 6.36. The van der Waals surface area contributed by atoms with Gasteiger partial charge < -0.3 is 10.9 Å². The third kappa shape index (κ3) is 1.92. The lowest BCUT2D eigenvalue weighted by Gasteiger charge is -2.09. The molecule has 0 atom stereocenters. The molecule has 0 amide bonds. The first kappa shape index (κ1) is 10.7. The number of nitrogens with two attached hydrogens (primary N) is 1. The molecule has 0 aliphatic rings. The van der Waals surface area contributed by atoms with Crippen molar-refractivity contribution in [3.05, 3.63) is 28.5 Å². The molecule has 0 aliphatic carbocycles. The molecule has 1 rings (SSSR count). The molecule has 0 radical (unpaired) electrons. The Morgan fingerprint density at radius 2 is 2.14 bits per heavy atom. The minimum atomic E-state index is -4.58. The number of rotatable bonds is 1. The van der Waals surface area contributed by atoms with Gasteiger partial charge in [-0.2, -0.15) is 13.2 Å². The van der Waals surface area contributed by atoms with E-state index in [1.54, 1.807) is 0 Å². The quantitative estimate of drug-likeness (QED) is 0.538. The summed E-state index contributed by atoms with van der Waals surface area (Å²) in [5.41, 5.74) is 3.67. The second-order valence-corrected chi connectivity index (χ2v) is 2.69. The van der Waals surface area contributed by atoms with Crippen molar-refractivity contribution in [2.45, 2.75) is 19.6 Å². The van der Waals surface area contributed by atoms with E-state index in [1.807, 2.05) is 0 Å². The van der Waals surface area contributed by atoms with Gasteiger partial charge in [0.05, 0.1) is 5.56 Å². The van der Waals surface area contributed by atoms with E-state index in [2.05, 4.69) is 4.98 Å². The average Bonchev–Trinajstić information content (AvgIpc) is 2.07. The lowest BCUT2D eigenvalue weighted by atomic mass is 10.2. The summed E-state index contributed by atoms with van der Waals surface area (Å²) in [5.74, 6) is -0.255. The van der Waals surface area contributed by atoms with Gasteiger partial charge in [0.25, 0.3) is 11.5 Å². The van der Waals surface area contributed by atoms with Crippen molar-refractivity contribution < 1.29 is 17.9 Å². The minimum Gasteiger partial charge on any atom is -0.711 e. The molecule has 0 fully saturated rings. The van der Waals surface area contributed by atoms with E-state index >= 15 is 0 Å². The summed E-state index contributed by atoms with van der Waals surface area (Å²) in [7, 11) is 0. The van der Waals surface area contributed by atoms with Crippen molar-refractivity contribution in [2.24, 2.45) is 5.73 Å². The van der Waals surface area contributed by atoms with Gasteiger partial charge in [0.15, 0.2) is 0 Å². The van der Waals surface area contributed by atoms with Crippen LogP contribution in [0.25, 0.3) is 0 Å². The summed E-state index contributed by atoms with van der Waals surface area (Å²) in [4.78, 5) is 3.16. The van der Waals surface area contributed by atoms with Crippen LogP contribution in [-0.4, -0.2) is 4.98 Å². The predicted octanol–water partition coefficient (Wildman–Crippen LogP) is 0.501. The number of aryl methyl sites for hydroxylation is 1. The van der Waals surface area contributed by atoms with E-state index in [4.69, 9.17) is 5.73 Å². The summed E-state index contributed by atoms with van der Waals surface area (Å²) in [5, 5.41) is 10.9. The SMILES string of the molecule is Cc1nc(C(F)(F)F)c(CN)c[n+]1[O-]. The predicted molar refractivity (Wildman–Crippen MR) is 40.8 cm³/mol. The third-order valence-electron chi connectivity index (χ3n) is 1.66. The number of nitrogens with zero attached hydrogens (tertiary/aromatic N) is 2. The number of alkyl halides is 3.